The van der Waals surface area contributed by atoms with E-state index in [0.29, 0.717) is 12.4 Å². The summed E-state index contributed by atoms with van der Waals surface area (Å²) >= 11 is 0. The third-order valence-corrected chi connectivity index (χ3v) is 5.09. The third kappa shape index (κ3) is 6.71. The monoisotopic (exact) mass is 372 g/mol. The van der Waals surface area contributed by atoms with Crippen LogP contribution in [-0.4, -0.2) is 44.6 Å². The summed E-state index contributed by atoms with van der Waals surface area (Å²) < 4.78 is 31.9. The van der Waals surface area contributed by atoms with Crippen molar-refractivity contribution in [3.8, 4) is 5.75 Å². The van der Waals surface area contributed by atoms with Crippen molar-refractivity contribution >= 4 is 21.9 Å². The Hall–Kier alpha value is -2.13. The van der Waals surface area contributed by atoms with Gasteiger partial charge in [-0.1, -0.05) is 0 Å². The average Bonchev–Trinajstić information content (AvgIpc) is 2.54. The van der Waals surface area contributed by atoms with E-state index in [1.54, 1.807) is 19.1 Å². The summed E-state index contributed by atoms with van der Waals surface area (Å²) in [5, 5.41) is 11.4. The van der Waals surface area contributed by atoms with Gasteiger partial charge in [0.2, 0.25) is 15.9 Å². The quantitative estimate of drug-likeness (QED) is 0.563. The van der Waals surface area contributed by atoms with Crippen LogP contribution < -0.4 is 14.8 Å². The van der Waals surface area contributed by atoms with Crippen molar-refractivity contribution in [3.05, 3.63) is 24.3 Å². The van der Waals surface area contributed by atoms with E-state index in [1.165, 1.54) is 19.1 Å². The van der Waals surface area contributed by atoms with Crippen LogP contribution in [0.25, 0.3) is 0 Å². The minimum absolute atomic E-state index is 0.0734. The number of carbonyl (C=O) groups is 2. The molecule has 0 heterocycles. The standard InChI is InChI=1S/C16H24N2O6S/c1-4-24-13-5-7-14(8-6-13)25(22,23)17-10-9-15(19)18-12(3)11(2)16(20)21/h5-8,11-12,17H,4,9-10H2,1-3H3,(H,18,19)(H,20,21). The molecule has 0 spiro atoms. The smallest absolute Gasteiger partial charge is 0.308 e. The van der Waals surface area contributed by atoms with E-state index in [4.69, 9.17) is 9.84 Å². The number of ether oxygens (including phenoxy) is 1. The first-order valence-electron chi connectivity index (χ1n) is 7.92. The van der Waals surface area contributed by atoms with E-state index in [2.05, 4.69) is 10.0 Å². The molecule has 2 unspecified atom stereocenters. The van der Waals surface area contributed by atoms with Crippen molar-refractivity contribution in [3.63, 3.8) is 0 Å². The Bertz CT molecular complexity index is 687. The maximum atomic E-state index is 12.1. The Balaban J connectivity index is 2.51. The van der Waals surface area contributed by atoms with E-state index in [9.17, 15) is 18.0 Å². The highest BCUT2D eigenvalue weighted by Gasteiger charge is 2.21. The van der Waals surface area contributed by atoms with Crippen LogP contribution in [-0.2, 0) is 19.6 Å². The Labute approximate surface area is 147 Å². The van der Waals surface area contributed by atoms with Gasteiger partial charge in [-0.2, -0.15) is 0 Å². The molecule has 9 heteroatoms. The molecule has 3 N–H and O–H groups in total. The van der Waals surface area contributed by atoms with Gasteiger partial charge in [-0.3, -0.25) is 9.59 Å². The maximum Gasteiger partial charge on any atom is 0.308 e. The molecule has 2 atom stereocenters. The molecule has 0 radical (unpaired) electrons. The van der Waals surface area contributed by atoms with Crippen LogP contribution in [0, 0.1) is 5.92 Å². The van der Waals surface area contributed by atoms with E-state index >= 15 is 0 Å². The van der Waals surface area contributed by atoms with Crippen molar-refractivity contribution in [2.75, 3.05) is 13.2 Å². The number of carboxylic acids is 1. The summed E-state index contributed by atoms with van der Waals surface area (Å²) in [4.78, 5) is 22.7. The largest absolute Gasteiger partial charge is 0.494 e. The fourth-order valence-corrected chi connectivity index (χ4v) is 2.96. The van der Waals surface area contributed by atoms with Gasteiger partial charge in [-0.25, -0.2) is 13.1 Å². The average molecular weight is 372 g/mol. The molecule has 1 rings (SSSR count). The van der Waals surface area contributed by atoms with Crippen molar-refractivity contribution in [1.29, 1.82) is 0 Å². The van der Waals surface area contributed by atoms with Gasteiger partial charge in [0.05, 0.1) is 17.4 Å². The summed E-state index contributed by atoms with van der Waals surface area (Å²) in [6, 6.07) is 5.40. The molecule has 0 bridgehead atoms. The zero-order valence-electron chi connectivity index (χ0n) is 14.5. The van der Waals surface area contributed by atoms with Crippen molar-refractivity contribution < 1.29 is 27.9 Å². The summed E-state index contributed by atoms with van der Waals surface area (Å²) in [5.41, 5.74) is 0. The first-order chi connectivity index (χ1) is 11.7. The number of rotatable bonds is 10. The van der Waals surface area contributed by atoms with Crippen LogP contribution in [0.5, 0.6) is 5.75 Å². The molecule has 0 saturated heterocycles. The van der Waals surface area contributed by atoms with Crippen molar-refractivity contribution in [1.82, 2.24) is 10.0 Å². The number of benzene rings is 1. The van der Waals surface area contributed by atoms with Gasteiger partial charge < -0.3 is 15.2 Å². The summed E-state index contributed by atoms with van der Waals surface area (Å²) in [5.74, 6) is -1.59. The minimum Gasteiger partial charge on any atom is -0.494 e. The first-order valence-corrected chi connectivity index (χ1v) is 9.40. The number of sulfonamides is 1. The highest BCUT2D eigenvalue weighted by atomic mass is 32.2. The zero-order valence-corrected chi connectivity index (χ0v) is 15.3. The molecule has 1 amide bonds. The molecular formula is C16H24N2O6S. The lowest BCUT2D eigenvalue weighted by molar-refractivity contribution is -0.142. The van der Waals surface area contributed by atoms with Gasteiger partial charge in [0, 0.05) is 19.0 Å². The van der Waals surface area contributed by atoms with Crippen molar-refractivity contribution in [2.24, 2.45) is 5.92 Å². The lowest BCUT2D eigenvalue weighted by Crippen LogP contribution is -2.41. The lowest BCUT2D eigenvalue weighted by atomic mass is 10.0. The molecule has 0 aromatic heterocycles. The molecule has 1 aromatic rings. The fourth-order valence-electron chi connectivity index (χ4n) is 1.93. The Morgan fingerprint density at radius 1 is 1.20 bits per heavy atom. The molecule has 0 fully saturated rings. The molecule has 1 aromatic carbocycles. The third-order valence-electron chi connectivity index (χ3n) is 3.62. The molecule has 0 aliphatic carbocycles. The molecule has 0 aliphatic rings. The first kappa shape index (κ1) is 20.9. The van der Waals surface area contributed by atoms with Crippen LogP contribution in [0.3, 0.4) is 0 Å². The lowest BCUT2D eigenvalue weighted by Gasteiger charge is -2.17. The number of amides is 1. The minimum atomic E-state index is -3.73. The highest BCUT2D eigenvalue weighted by Crippen LogP contribution is 2.15. The second-order valence-corrected chi connectivity index (χ2v) is 7.30. The second-order valence-electron chi connectivity index (χ2n) is 5.54. The summed E-state index contributed by atoms with van der Waals surface area (Å²) in [6.45, 7) is 5.30. The Morgan fingerprint density at radius 3 is 2.32 bits per heavy atom. The van der Waals surface area contributed by atoms with Gasteiger partial charge >= 0.3 is 5.97 Å². The molecule has 0 aliphatic heterocycles. The maximum absolute atomic E-state index is 12.1. The van der Waals surface area contributed by atoms with Gasteiger partial charge in [-0.05, 0) is 45.0 Å². The number of hydrogen-bond acceptors (Lipinski definition) is 5. The van der Waals surface area contributed by atoms with Gasteiger partial charge in [0.1, 0.15) is 5.75 Å². The number of carboxylic acid groups (broad SMARTS) is 1. The van der Waals surface area contributed by atoms with E-state index in [-0.39, 0.29) is 17.9 Å². The number of carbonyl (C=O) groups excluding carboxylic acids is 1. The second kappa shape index (κ2) is 9.38. The van der Waals surface area contributed by atoms with Crippen LogP contribution in [0.4, 0.5) is 0 Å². The van der Waals surface area contributed by atoms with Crippen LogP contribution in [0.15, 0.2) is 29.2 Å². The molecule has 0 saturated carbocycles. The van der Waals surface area contributed by atoms with Gasteiger partial charge in [0.25, 0.3) is 0 Å². The van der Waals surface area contributed by atoms with Gasteiger partial charge in [0.15, 0.2) is 0 Å². The summed E-state index contributed by atoms with van der Waals surface area (Å²) in [7, 11) is -3.73. The fraction of sp³-hybridized carbons (Fsp3) is 0.500. The van der Waals surface area contributed by atoms with Crippen molar-refractivity contribution in [2.45, 2.75) is 38.1 Å². The zero-order chi connectivity index (χ0) is 19.0. The van der Waals surface area contributed by atoms with E-state index in [0.717, 1.165) is 0 Å². The topological polar surface area (TPSA) is 122 Å². The normalized spacial score (nSPS) is 13.7. The number of hydrogen-bond donors (Lipinski definition) is 3. The number of nitrogens with one attached hydrogen (secondary N) is 2. The Morgan fingerprint density at radius 2 is 1.80 bits per heavy atom. The molecule has 140 valence electrons. The summed E-state index contributed by atoms with van der Waals surface area (Å²) in [6.07, 6.45) is -0.0903. The highest BCUT2D eigenvalue weighted by molar-refractivity contribution is 7.89. The SMILES string of the molecule is CCOc1ccc(S(=O)(=O)NCCC(=O)NC(C)C(C)C(=O)O)cc1. The molecule has 8 nitrogen and oxygen atoms in total. The van der Waals surface area contributed by atoms with Crippen LogP contribution in [0.2, 0.25) is 0 Å². The molecule has 25 heavy (non-hydrogen) atoms. The van der Waals surface area contributed by atoms with E-state index < -0.39 is 33.9 Å². The molecular weight excluding hydrogens is 348 g/mol. The van der Waals surface area contributed by atoms with Crippen LogP contribution in [0.1, 0.15) is 27.2 Å². The predicted molar refractivity (Wildman–Crippen MR) is 91.8 cm³/mol. The predicted octanol–water partition coefficient (Wildman–Crippen LogP) is 0.979. The Kier molecular flexibility index (Phi) is 7.85. The van der Waals surface area contributed by atoms with E-state index in [1.807, 2.05) is 6.92 Å². The van der Waals surface area contributed by atoms with Gasteiger partial charge in [-0.15, -0.1) is 0 Å². The van der Waals surface area contributed by atoms with Crippen LogP contribution >= 0.6 is 0 Å². The number of aliphatic carboxylic acids is 1.